The predicted octanol–water partition coefficient (Wildman–Crippen LogP) is 3.11. The number of aryl methyl sites for hydroxylation is 1. The van der Waals surface area contributed by atoms with Crippen molar-refractivity contribution in [1.29, 1.82) is 0 Å². The molecule has 0 saturated carbocycles. The van der Waals surface area contributed by atoms with Crippen molar-refractivity contribution in [1.82, 2.24) is 4.90 Å². The standard InChI is InChI=1S/C16H20N2OS/c1-3-18(11-14-5-4-10-20-14)16(19)15(17)13-8-6-12(2)7-9-13/h4-10,15H,3,11,17H2,1-2H3. The third-order valence-corrected chi connectivity index (χ3v) is 4.18. The molecule has 1 unspecified atom stereocenters. The number of hydrogen-bond acceptors (Lipinski definition) is 3. The molecule has 2 aromatic rings. The van der Waals surface area contributed by atoms with Gasteiger partial charge in [-0.25, -0.2) is 0 Å². The minimum Gasteiger partial charge on any atom is -0.336 e. The average molecular weight is 288 g/mol. The van der Waals surface area contributed by atoms with Gasteiger partial charge in [0.1, 0.15) is 6.04 Å². The maximum Gasteiger partial charge on any atom is 0.244 e. The van der Waals surface area contributed by atoms with Gasteiger partial charge in [0.2, 0.25) is 5.91 Å². The van der Waals surface area contributed by atoms with Crippen molar-refractivity contribution < 1.29 is 4.79 Å². The molecule has 1 atom stereocenters. The maximum absolute atomic E-state index is 12.5. The highest BCUT2D eigenvalue weighted by molar-refractivity contribution is 7.09. The lowest BCUT2D eigenvalue weighted by Gasteiger charge is -2.24. The van der Waals surface area contributed by atoms with Gasteiger partial charge in [-0.2, -0.15) is 0 Å². The Morgan fingerprint density at radius 1 is 1.30 bits per heavy atom. The van der Waals surface area contributed by atoms with Gasteiger partial charge in [0.25, 0.3) is 0 Å². The fourth-order valence-corrected chi connectivity index (χ4v) is 2.77. The van der Waals surface area contributed by atoms with Crippen molar-refractivity contribution in [3.63, 3.8) is 0 Å². The van der Waals surface area contributed by atoms with Gasteiger partial charge in [0.15, 0.2) is 0 Å². The highest BCUT2D eigenvalue weighted by Crippen LogP contribution is 2.17. The van der Waals surface area contributed by atoms with Crippen LogP contribution in [0.2, 0.25) is 0 Å². The molecule has 3 nitrogen and oxygen atoms in total. The molecule has 2 rings (SSSR count). The number of nitrogens with zero attached hydrogens (tertiary/aromatic N) is 1. The molecule has 0 saturated heterocycles. The Kier molecular flexibility index (Phi) is 4.93. The molecule has 0 spiro atoms. The summed E-state index contributed by atoms with van der Waals surface area (Å²) in [6, 6.07) is 11.3. The van der Waals surface area contributed by atoms with E-state index in [9.17, 15) is 4.79 Å². The molecule has 0 radical (unpaired) electrons. The third-order valence-electron chi connectivity index (χ3n) is 3.32. The molecule has 1 heterocycles. The predicted molar refractivity (Wildman–Crippen MR) is 83.5 cm³/mol. The molecular weight excluding hydrogens is 268 g/mol. The summed E-state index contributed by atoms with van der Waals surface area (Å²) in [5.74, 6) is -0.0234. The Labute approximate surface area is 124 Å². The second-order valence-corrected chi connectivity index (χ2v) is 5.85. The molecule has 20 heavy (non-hydrogen) atoms. The van der Waals surface area contributed by atoms with Crippen LogP contribution in [0.25, 0.3) is 0 Å². The summed E-state index contributed by atoms with van der Waals surface area (Å²) in [6.45, 7) is 5.29. The number of likely N-dealkylation sites (N-methyl/N-ethyl adjacent to an activating group) is 1. The third kappa shape index (κ3) is 3.46. The van der Waals surface area contributed by atoms with Gasteiger partial charge in [0, 0.05) is 11.4 Å². The zero-order valence-electron chi connectivity index (χ0n) is 11.9. The summed E-state index contributed by atoms with van der Waals surface area (Å²) >= 11 is 1.66. The molecule has 0 bridgehead atoms. The lowest BCUT2D eigenvalue weighted by molar-refractivity contribution is -0.133. The number of nitrogens with two attached hydrogens (primary N) is 1. The van der Waals surface area contributed by atoms with Crippen molar-refractivity contribution >= 4 is 17.2 Å². The van der Waals surface area contributed by atoms with Gasteiger partial charge in [-0.05, 0) is 30.9 Å². The van der Waals surface area contributed by atoms with Crippen molar-refractivity contribution in [3.8, 4) is 0 Å². The summed E-state index contributed by atoms with van der Waals surface area (Å²) in [6.07, 6.45) is 0. The quantitative estimate of drug-likeness (QED) is 0.919. The topological polar surface area (TPSA) is 46.3 Å². The number of carbonyl (C=O) groups is 1. The van der Waals surface area contributed by atoms with Crippen molar-refractivity contribution in [3.05, 3.63) is 57.8 Å². The number of hydrogen-bond donors (Lipinski definition) is 1. The van der Waals surface area contributed by atoms with E-state index in [2.05, 4.69) is 0 Å². The lowest BCUT2D eigenvalue weighted by atomic mass is 10.0. The normalized spacial score (nSPS) is 12.2. The summed E-state index contributed by atoms with van der Waals surface area (Å²) in [5.41, 5.74) is 8.14. The van der Waals surface area contributed by atoms with Gasteiger partial charge in [0.05, 0.1) is 6.54 Å². The second kappa shape index (κ2) is 6.68. The van der Waals surface area contributed by atoms with Crippen LogP contribution < -0.4 is 5.73 Å². The molecule has 0 fully saturated rings. The second-order valence-electron chi connectivity index (χ2n) is 4.82. The number of amides is 1. The smallest absolute Gasteiger partial charge is 0.244 e. The van der Waals surface area contributed by atoms with Gasteiger partial charge >= 0.3 is 0 Å². The SMILES string of the molecule is CCN(Cc1cccs1)C(=O)C(N)c1ccc(C)cc1. The summed E-state index contributed by atoms with van der Waals surface area (Å²) in [7, 11) is 0. The van der Waals surface area contributed by atoms with E-state index in [0.29, 0.717) is 13.1 Å². The van der Waals surface area contributed by atoms with E-state index in [1.54, 1.807) is 16.2 Å². The molecule has 4 heteroatoms. The highest BCUT2D eigenvalue weighted by atomic mass is 32.1. The Bertz CT molecular complexity index is 548. The van der Waals surface area contributed by atoms with Crippen LogP contribution in [-0.4, -0.2) is 17.4 Å². The maximum atomic E-state index is 12.5. The van der Waals surface area contributed by atoms with Gasteiger partial charge < -0.3 is 10.6 Å². The Hall–Kier alpha value is -1.65. The van der Waals surface area contributed by atoms with Gasteiger partial charge in [-0.15, -0.1) is 11.3 Å². The van der Waals surface area contributed by atoms with E-state index in [1.807, 2.05) is 55.6 Å². The fourth-order valence-electron chi connectivity index (χ4n) is 2.05. The Morgan fingerprint density at radius 3 is 2.55 bits per heavy atom. The van der Waals surface area contributed by atoms with Crippen LogP contribution in [0.15, 0.2) is 41.8 Å². The molecule has 106 valence electrons. The summed E-state index contributed by atoms with van der Waals surface area (Å²) in [4.78, 5) is 15.5. The molecule has 0 aliphatic rings. The summed E-state index contributed by atoms with van der Waals surface area (Å²) in [5, 5.41) is 2.02. The average Bonchev–Trinajstić information content (AvgIpc) is 2.97. The van der Waals surface area contributed by atoms with Crippen LogP contribution in [0.5, 0.6) is 0 Å². The molecule has 1 amide bonds. The van der Waals surface area contributed by atoms with Crippen LogP contribution in [0, 0.1) is 6.92 Å². The first-order chi connectivity index (χ1) is 9.61. The number of benzene rings is 1. The van der Waals surface area contributed by atoms with E-state index in [-0.39, 0.29) is 5.91 Å². The molecule has 1 aromatic carbocycles. The summed E-state index contributed by atoms with van der Waals surface area (Å²) < 4.78 is 0. The van der Waals surface area contributed by atoms with Gasteiger partial charge in [-0.3, -0.25) is 4.79 Å². The molecule has 2 N–H and O–H groups in total. The zero-order valence-corrected chi connectivity index (χ0v) is 12.7. The van der Waals surface area contributed by atoms with Crippen molar-refractivity contribution in [2.45, 2.75) is 26.4 Å². The molecule has 0 aliphatic heterocycles. The minimum absolute atomic E-state index is 0.0234. The van der Waals surface area contributed by atoms with E-state index in [4.69, 9.17) is 5.73 Å². The van der Waals surface area contributed by atoms with Crippen molar-refractivity contribution in [2.24, 2.45) is 5.73 Å². The van der Waals surface area contributed by atoms with E-state index in [0.717, 1.165) is 5.56 Å². The van der Waals surface area contributed by atoms with Crippen molar-refractivity contribution in [2.75, 3.05) is 6.54 Å². The fraction of sp³-hybridized carbons (Fsp3) is 0.312. The van der Waals surface area contributed by atoms with Gasteiger partial charge in [-0.1, -0.05) is 35.9 Å². The van der Waals surface area contributed by atoms with Crippen LogP contribution in [0.3, 0.4) is 0 Å². The monoisotopic (exact) mass is 288 g/mol. The molecule has 1 aromatic heterocycles. The first kappa shape index (κ1) is 14.8. The van der Waals surface area contributed by atoms with Crippen LogP contribution in [-0.2, 0) is 11.3 Å². The first-order valence-corrected chi connectivity index (χ1v) is 7.63. The Morgan fingerprint density at radius 2 is 2.00 bits per heavy atom. The van der Waals surface area contributed by atoms with E-state index in [1.165, 1.54) is 10.4 Å². The van der Waals surface area contributed by atoms with E-state index >= 15 is 0 Å². The lowest BCUT2D eigenvalue weighted by Crippen LogP contribution is -2.37. The minimum atomic E-state index is -0.587. The highest BCUT2D eigenvalue weighted by Gasteiger charge is 2.21. The van der Waals surface area contributed by atoms with Crippen LogP contribution in [0.4, 0.5) is 0 Å². The first-order valence-electron chi connectivity index (χ1n) is 6.75. The number of carbonyl (C=O) groups excluding carboxylic acids is 1. The van der Waals surface area contributed by atoms with Crippen LogP contribution >= 0.6 is 11.3 Å². The zero-order chi connectivity index (χ0) is 14.5. The van der Waals surface area contributed by atoms with Crippen LogP contribution in [0.1, 0.15) is 29.0 Å². The Balaban J connectivity index is 2.09. The largest absolute Gasteiger partial charge is 0.336 e. The molecular formula is C16H20N2OS. The molecule has 0 aliphatic carbocycles. The number of rotatable bonds is 5. The number of thiophene rings is 1. The van der Waals surface area contributed by atoms with E-state index < -0.39 is 6.04 Å².